The van der Waals surface area contributed by atoms with Crippen LogP contribution in [0.2, 0.25) is 0 Å². The molecule has 1 N–H and O–H groups in total. The zero-order chi connectivity index (χ0) is 12.6. The summed E-state index contributed by atoms with van der Waals surface area (Å²) in [7, 11) is 0. The Morgan fingerprint density at radius 1 is 1.28 bits per heavy atom. The van der Waals surface area contributed by atoms with Gasteiger partial charge in [-0.05, 0) is 42.1 Å². The number of rotatable bonds is 4. The number of fused-ring (bicyclic) bond motifs is 1. The number of hydrogen-bond donors (Lipinski definition) is 1. The third-order valence-corrected chi connectivity index (χ3v) is 5.02. The predicted octanol–water partition coefficient (Wildman–Crippen LogP) is 3.51. The minimum absolute atomic E-state index is 0.0500. The van der Waals surface area contributed by atoms with Gasteiger partial charge in [-0.2, -0.15) is 0 Å². The molecule has 2 saturated carbocycles. The molecule has 3 atom stereocenters. The van der Waals surface area contributed by atoms with Gasteiger partial charge in [0.15, 0.2) is 0 Å². The van der Waals surface area contributed by atoms with Gasteiger partial charge >= 0.3 is 5.97 Å². The van der Waals surface area contributed by atoms with Gasteiger partial charge in [0.2, 0.25) is 0 Å². The highest BCUT2D eigenvalue weighted by Gasteiger charge is 2.55. The fraction of sp³-hybridized carbons (Fsp3) is 0.562. The van der Waals surface area contributed by atoms with Crippen molar-refractivity contribution in [1.29, 1.82) is 0 Å². The molecule has 0 radical (unpaired) electrons. The Morgan fingerprint density at radius 3 is 2.72 bits per heavy atom. The zero-order valence-corrected chi connectivity index (χ0v) is 10.6. The van der Waals surface area contributed by atoms with Gasteiger partial charge in [0.05, 0.1) is 6.42 Å². The van der Waals surface area contributed by atoms with Crippen molar-refractivity contribution >= 4 is 5.97 Å². The quantitative estimate of drug-likeness (QED) is 0.880. The lowest BCUT2D eigenvalue weighted by Crippen LogP contribution is -2.48. The first-order chi connectivity index (χ1) is 8.70. The summed E-state index contributed by atoms with van der Waals surface area (Å²) in [6.07, 6.45) is 6.28. The minimum atomic E-state index is -0.628. The molecule has 0 spiro atoms. The van der Waals surface area contributed by atoms with E-state index < -0.39 is 5.97 Å². The van der Waals surface area contributed by atoms with Gasteiger partial charge in [0, 0.05) is 0 Å². The lowest BCUT2D eigenvalue weighted by molar-refractivity contribution is -0.146. The van der Waals surface area contributed by atoms with Crippen molar-refractivity contribution in [2.75, 3.05) is 0 Å². The van der Waals surface area contributed by atoms with Crippen LogP contribution in [0.3, 0.4) is 0 Å². The van der Waals surface area contributed by atoms with Crippen LogP contribution >= 0.6 is 0 Å². The van der Waals surface area contributed by atoms with Crippen molar-refractivity contribution in [2.24, 2.45) is 17.3 Å². The van der Waals surface area contributed by atoms with Crippen LogP contribution in [0.5, 0.6) is 0 Å². The average molecular weight is 244 g/mol. The number of carbonyl (C=O) groups is 1. The molecule has 2 aliphatic carbocycles. The molecule has 2 aliphatic rings. The number of carboxylic acid groups (broad SMARTS) is 1. The van der Waals surface area contributed by atoms with Gasteiger partial charge in [-0.1, -0.05) is 43.2 Å². The van der Waals surface area contributed by atoms with Crippen LogP contribution in [0.1, 0.15) is 37.7 Å². The van der Waals surface area contributed by atoms with Crippen LogP contribution in [0.4, 0.5) is 0 Å². The van der Waals surface area contributed by atoms with Gasteiger partial charge in [0.25, 0.3) is 0 Å². The molecule has 0 heterocycles. The van der Waals surface area contributed by atoms with Gasteiger partial charge in [-0.3, -0.25) is 4.79 Å². The van der Waals surface area contributed by atoms with Crippen LogP contribution in [0.25, 0.3) is 0 Å². The molecule has 0 aliphatic heterocycles. The number of carboxylic acids is 1. The highest BCUT2D eigenvalue weighted by molar-refractivity contribution is 5.68. The van der Waals surface area contributed by atoms with Gasteiger partial charge in [-0.25, -0.2) is 0 Å². The monoisotopic (exact) mass is 244 g/mol. The maximum Gasteiger partial charge on any atom is 0.303 e. The Bertz CT molecular complexity index is 440. The Morgan fingerprint density at radius 2 is 2.06 bits per heavy atom. The van der Waals surface area contributed by atoms with E-state index in [1.807, 2.05) is 6.07 Å². The Kier molecular flexibility index (Phi) is 2.89. The van der Waals surface area contributed by atoms with Crippen molar-refractivity contribution in [2.45, 2.75) is 38.5 Å². The number of benzene rings is 1. The van der Waals surface area contributed by atoms with Gasteiger partial charge < -0.3 is 5.11 Å². The van der Waals surface area contributed by atoms with Crippen LogP contribution in [0.15, 0.2) is 30.3 Å². The first-order valence-corrected chi connectivity index (χ1v) is 6.95. The van der Waals surface area contributed by atoms with E-state index in [-0.39, 0.29) is 5.41 Å². The molecule has 2 nitrogen and oxygen atoms in total. The smallest absolute Gasteiger partial charge is 0.303 e. The molecule has 18 heavy (non-hydrogen) atoms. The zero-order valence-electron chi connectivity index (χ0n) is 10.6. The SMILES string of the molecule is O=C(O)CC1(Cc2ccccc2)CC2CCCC21. The second kappa shape index (κ2) is 4.42. The summed E-state index contributed by atoms with van der Waals surface area (Å²) in [5, 5.41) is 9.21. The Labute approximate surface area is 108 Å². The predicted molar refractivity (Wildman–Crippen MR) is 70.3 cm³/mol. The van der Waals surface area contributed by atoms with Gasteiger partial charge in [0.1, 0.15) is 0 Å². The third kappa shape index (κ3) is 1.94. The summed E-state index contributed by atoms with van der Waals surface area (Å²) in [5.41, 5.74) is 1.35. The van der Waals surface area contributed by atoms with E-state index in [0.717, 1.165) is 18.8 Å². The summed E-state index contributed by atoms with van der Waals surface area (Å²) in [4.78, 5) is 11.2. The van der Waals surface area contributed by atoms with Gasteiger partial charge in [-0.15, -0.1) is 0 Å². The normalized spacial score (nSPS) is 33.8. The fourth-order valence-electron chi connectivity index (χ4n) is 4.37. The molecule has 96 valence electrons. The minimum Gasteiger partial charge on any atom is -0.481 e. The molecule has 3 unspecified atom stereocenters. The average Bonchev–Trinajstić information content (AvgIpc) is 2.72. The fourth-order valence-corrected chi connectivity index (χ4v) is 4.37. The van der Waals surface area contributed by atoms with E-state index >= 15 is 0 Å². The molecule has 0 bridgehead atoms. The summed E-state index contributed by atoms with van der Waals surface area (Å²) in [6.45, 7) is 0. The number of hydrogen-bond acceptors (Lipinski definition) is 1. The Balaban J connectivity index is 1.81. The first-order valence-electron chi connectivity index (χ1n) is 6.95. The maximum absolute atomic E-state index is 11.2. The summed E-state index contributed by atoms with van der Waals surface area (Å²) in [6, 6.07) is 10.4. The van der Waals surface area contributed by atoms with Crippen LogP contribution < -0.4 is 0 Å². The topological polar surface area (TPSA) is 37.3 Å². The molecule has 1 aromatic carbocycles. The molecule has 2 heteroatoms. The maximum atomic E-state index is 11.2. The molecule has 0 amide bonds. The van der Waals surface area contributed by atoms with E-state index in [0.29, 0.717) is 12.3 Å². The van der Waals surface area contributed by atoms with E-state index in [9.17, 15) is 9.90 Å². The summed E-state index contributed by atoms with van der Waals surface area (Å²) in [5.74, 6) is 0.846. The van der Waals surface area contributed by atoms with Crippen LogP contribution in [0, 0.1) is 17.3 Å². The highest BCUT2D eigenvalue weighted by atomic mass is 16.4. The van der Waals surface area contributed by atoms with E-state index in [2.05, 4.69) is 24.3 Å². The van der Waals surface area contributed by atoms with Crippen molar-refractivity contribution < 1.29 is 9.90 Å². The number of aliphatic carboxylic acids is 1. The molecule has 2 fully saturated rings. The summed E-state index contributed by atoms with van der Waals surface area (Å²) < 4.78 is 0. The standard InChI is InChI=1S/C16H20O2/c17-15(18)11-16(9-12-5-2-1-3-6-12)10-13-7-4-8-14(13)16/h1-3,5-6,13-14H,4,7-11H2,(H,17,18). The Hall–Kier alpha value is -1.31. The van der Waals surface area contributed by atoms with Crippen molar-refractivity contribution in [1.82, 2.24) is 0 Å². The molecule has 3 rings (SSSR count). The van der Waals surface area contributed by atoms with E-state index in [4.69, 9.17) is 0 Å². The first kappa shape index (κ1) is 11.8. The highest BCUT2D eigenvalue weighted by Crippen LogP contribution is 2.62. The summed E-state index contributed by atoms with van der Waals surface area (Å²) >= 11 is 0. The molecule has 0 saturated heterocycles. The lowest BCUT2D eigenvalue weighted by Gasteiger charge is -2.52. The van der Waals surface area contributed by atoms with E-state index in [1.54, 1.807) is 0 Å². The third-order valence-electron chi connectivity index (χ3n) is 5.02. The molecular formula is C16H20O2. The second-order valence-electron chi connectivity index (χ2n) is 6.10. The molecular weight excluding hydrogens is 224 g/mol. The van der Waals surface area contributed by atoms with Crippen LogP contribution in [-0.4, -0.2) is 11.1 Å². The molecule has 0 aromatic heterocycles. The lowest BCUT2D eigenvalue weighted by atomic mass is 9.51. The molecule has 1 aromatic rings. The van der Waals surface area contributed by atoms with E-state index in [1.165, 1.54) is 24.8 Å². The van der Waals surface area contributed by atoms with Crippen molar-refractivity contribution in [3.63, 3.8) is 0 Å². The van der Waals surface area contributed by atoms with Crippen molar-refractivity contribution in [3.05, 3.63) is 35.9 Å². The van der Waals surface area contributed by atoms with Crippen LogP contribution in [-0.2, 0) is 11.2 Å². The largest absolute Gasteiger partial charge is 0.481 e. The second-order valence-corrected chi connectivity index (χ2v) is 6.10. The van der Waals surface area contributed by atoms with Crippen molar-refractivity contribution in [3.8, 4) is 0 Å².